The van der Waals surface area contributed by atoms with Gasteiger partial charge in [0.05, 0.1) is 22.3 Å². The molecule has 1 aliphatic heterocycles. The van der Waals surface area contributed by atoms with E-state index < -0.39 is 17.6 Å². The number of aryl methyl sites for hydroxylation is 1. The Hall–Kier alpha value is -4.59. The van der Waals surface area contributed by atoms with Crippen LogP contribution in [-0.4, -0.2) is 73.8 Å². The van der Waals surface area contributed by atoms with Crippen molar-refractivity contribution in [3.05, 3.63) is 89.0 Å². The average Bonchev–Trinajstić information content (AvgIpc) is 3.69. The van der Waals surface area contributed by atoms with Crippen LogP contribution in [0.25, 0.3) is 34.0 Å². The van der Waals surface area contributed by atoms with Crippen molar-refractivity contribution in [2.75, 3.05) is 38.5 Å². The minimum atomic E-state index is -4.58. The largest absolute Gasteiger partial charge is 0.416 e. The normalized spacial score (nSPS) is 14.5. The van der Waals surface area contributed by atoms with E-state index in [-0.39, 0.29) is 40.1 Å². The molecule has 1 aliphatic rings. The number of aromatic nitrogens is 5. The third-order valence-corrected chi connectivity index (χ3v) is 7.91. The molecule has 1 N–H and O–H groups in total. The van der Waals surface area contributed by atoms with Crippen LogP contribution < -0.4 is 5.32 Å². The molecule has 4 heterocycles. The van der Waals surface area contributed by atoms with Gasteiger partial charge in [-0.25, -0.2) is 0 Å². The van der Waals surface area contributed by atoms with Crippen LogP contribution in [0.5, 0.6) is 0 Å². The van der Waals surface area contributed by atoms with Gasteiger partial charge in [-0.05, 0) is 49.0 Å². The number of piperazine rings is 1. The molecule has 3 aromatic heterocycles. The van der Waals surface area contributed by atoms with Gasteiger partial charge < -0.3 is 14.7 Å². The number of halogens is 4. The molecule has 0 aliphatic carbocycles. The highest BCUT2D eigenvalue weighted by Crippen LogP contribution is 2.35. The molecule has 45 heavy (non-hydrogen) atoms. The second-order valence-corrected chi connectivity index (χ2v) is 11.3. The average molecular weight is 637 g/mol. The number of pyridine rings is 1. The summed E-state index contributed by atoms with van der Waals surface area (Å²) in [7, 11) is 3.80. The van der Waals surface area contributed by atoms with Crippen molar-refractivity contribution >= 4 is 23.2 Å². The maximum absolute atomic E-state index is 14.0. The van der Waals surface area contributed by atoms with Crippen molar-refractivity contribution < 1.29 is 22.5 Å². The maximum atomic E-state index is 14.0. The number of carbonyl (C=O) groups excluding carboxylic acids is 1. The van der Waals surface area contributed by atoms with Gasteiger partial charge in [-0.2, -0.15) is 23.3 Å². The van der Waals surface area contributed by atoms with E-state index in [0.29, 0.717) is 24.2 Å². The fourth-order valence-corrected chi connectivity index (χ4v) is 5.28. The van der Waals surface area contributed by atoms with E-state index in [2.05, 4.69) is 30.4 Å². The first kappa shape index (κ1) is 30.4. The zero-order chi connectivity index (χ0) is 31.7. The standard InChI is InChI=1S/C31H28ClF3N8O2/c1-41-7-9-43(10-8-41)18-20-3-5-24(13-26(20)31(33,34)35)38-29(44)19-4-6-27(32)25(12-19)28-39-30(45-40-28)22-11-21(14-36-15-22)23-16-37-42(2)17-23/h3-6,11-17H,7-10,18H2,1-2H3,(H,38,44). The molecule has 14 heteroatoms. The van der Waals surface area contributed by atoms with Crippen molar-refractivity contribution in [2.24, 2.45) is 7.05 Å². The lowest BCUT2D eigenvalue weighted by Gasteiger charge is -2.33. The smallest absolute Gasteiger partial charge is 0.334 e. The van der Waals surface area contributed by atoms with E-state index in [1.807, 2.05) is 31.3 Å². The van der Waals surface area contributed by atoms with Gasteiger partial charge in [-0.3, -0.25) is 19.4 Å². The highest BCUT2D eigenvalue weighted by Gasteiger charge is 2.34. The van der Waals surface area contributed by atoms with Crippen LogP contribution in [0.15, 0.2) is 71.8 Å². The number of nitrogens with one attached hydrogen (secondary N) is 1. The van der Waals surface area contributed by atoms with Gasteiger partial charge in [-0.1, -0.05) is 22.8 Å². The molecular weight excluding hydrogens is 609 g/mol. The summed E-state index contributed by atoms with van der Waals surface area (Å²) < 4.78 is 49.3. The number of benzene rings is 2. The van der Waals surface area contributed by atoms with Crippen molar-refractivity contribution in [1.29, 1.82) is 0 Å². The summed E-state index contributed by atoms with van der Waals surface area (Å²) in [6, 6.07) is 10.1. The molecule has 0 spiro atoms. The van der Waals surface area contributed by atoms with E-state index in [1.54, 1.807) is 23.3 Å². The maximum Gasteiger partial charge on any atom is 0.416 e. The predicted octanol–water partition coefficient (Wildman–Crippen LogP) is 5.87. The summed E-state index contributed by atoms with van der Waals surface area (Å²) in [6.07, 6.45) is 2.25. The monoisotopic (exact) mass is 636 g/mol. The first-order valence-corrected chi connectivity index (χ1v) is 14.4. The lowest BCUT2D eigenvalue weighted by atomic mass is 10.0. The second kappa shape index (κ2) is 12.4. The number of carbonyl (C=O) groups is 1. The minimum Gasteiger partial charge on any atom is -0.334 e. The van der Waals surface area contributed by atoms with Crippen molar-refractivity contribution in [3.63, 3.8) is 0 Å². The van der Waals surface area contributed by atoms with Crippen molar-refractivity contribution in [1.82, 2.24) is 34.7 Å². The van der Waals surface area contributed by atoms with Crippen LogP contribution in [0.2, 0.25) is 5.02 Å². The zero-order valence-corrected chi connectivity index (χ0v) is 25.1. The first-order valence-electron chi connectivity index (χ1n) is 14.0. The molecule has 0 atom stereocenters. The molecule has 1 amide bonds. The van der Waals surface area contributed by atoms with Gasteiger partial charge in [0, 0.05) is 86.3 Å². The van der Waals surface area contributed by atoms with Crippen LogP contribution in [0.1, 0.15) is 21.5 Å². The molecule has 6 rings (SSSR count). The molecule has 2 aromatic carbocycles. The molecule has 1 fully saturated rings. The second-order valence-electron chi connectivity index (χ2n) is 10.9. The van der Waals surface area contributed by atoms with Crippen LogP contribution >= 0.6 is 11.6 Å². The molecule has 0 radical (unpaired) electrons. The van der Waals surface area contributed by atoms with Gasteiger partial charge in [0.15, 0.2) is 0 Å². The van der Waals surface area contributed by atoms with E-state index in [9.17, 15) is 18.0 Å². The number of likely N-dealkylation sites (N-methyl/N-ethyl adjacent to an activating group) is 1. The summed E-state index contributed by atoms with van der Waals surface area (Å²) in [5, 5.41) is 11.1. The van der Waals surface area contributed by atoms with Crippen molar-refractivity contribution in [2.45, 2.75) is 12.7 Å². The van der Waals surface area contributed by atoms with Gasteiger partial charge in [0.2, 0.25) is 5.82 Å². The quantitative estimate of drug-likeness (QED) is 0.237. The van der Waals surface area contributed by atoms with Gasteiger partial charge in [0.25, 0.3) is 11.8 Å². The molecule has 1 saturated heterocycles. The predicted molar refractivity (Wildman–Crippen MR) is 162 cm³/mol. The van der Waals surface area contributed by atoms with E-state index >= 15 is 0 Å². The van der Waals surface area contributed by atoms with Gasteiger partial charge >= 0.3 is 6.18 Å². The number of hydrogen-bond acceptors (Lipinski definition) is 8. The number of alkyl halides is 3. The van der Waals surface area contributed by atoms with E-state index in [4.69, 9.17) is 16.1 Å². The number of anilines is 1. The summed E-state index contributed by atoms with van der Waals surface area (Å²) in [6.45, 7) is 3.12. The number of nitrogens with zero attached hydrogens (tertiary/aromatic N) is 7. The van der Waals surface area contributed by atoms with Gasteiger partial charge in [-0.15, -0.1) is 0 Å². The van der Waals surface area contributed by atoms with Crippen LogP contribution in [-0.2, 0) is 19.8 Å². The molecule has 0 saturated carbocycles. The number of rotatable bonds is 7. The Bertz CT molecular complexity index is 1850. The Balaban J connectivity index is 1.21. The summed E-state index contributed by atoms with van der Waals surface area (Å²) in [5.74, 6) is -0.306. The first-order chi connectivity index (χ1) is 21.5. The van der Waals surface area contributed by atoms with Gasteiger partial charge in [0.1, 0.15) is 0 Å². The molecule has 0 bridgehead atoms. The highest BCUT2D eigenvalue weighted by molar-refractivity contribution is 6.33. The van der Waals surface area contributed by atoms with E-state index in [0.717, 1.165) is 30.3 Å². The van der Waals surface area contributed by atoms with Crippen LogP contribution in [0, 0.1) is 0 Å². The zero-order valence-electron chi connectivity index (χ0n) is 24.3. The fraction of sp³-hybridized carbons (Fsp3) is 0.258. The van der Waals surface area contributed by atoms with Crippen molar-refractivity contribution in [3.8, 4) is 34.0 Å². The Morgan fingerprint density at radius 1 is 0.978 bits per heavy atom. The summed E-state index contributed by atoms with van der Waals surface area (Å²) in [4.78, 5) is 26.0. The Kier molecular flexibility index (Phi) is 8.40. The summed E-state index contributed by atoms with van der Waals surface area (Å²) in [5.41, 5.74) is 2.10. The summed E-state index contributed by atoms with van der Waals surface area (Å²) >= 11 is 6.43. The highest BCUT2D eigenvalue weighted by atomic mass is 35.5. The SMILES string of the molecule is CN1CCN(Cc2ccc(NC(=O)c3ccc(Cl)c(-c4noc(-c5cncc(-c6cnn(C)c6)c5)n4)c3)cc2C(F)(F)F)CC1. The van der Waals surface area contributed by atoms with E-state index in [1.165, 1.54) is 30.3 Å². The minimum absolute atomic E-state index is 0.0220. The van der Waals surface area contributed by atoms with Crippen LogP contribution in [0.3, 0.4) is 0 Å². The molecular formula is C31H28ClF3N8O2. The Morgan fingerprint density at radius 3 is 2.49 bits per heavy atom. The third-order valence-electron chi connectivity index (χ3n) is 7.58. The molecule has 0 unspecified atom stereocenters. The molecule has 5 aromatic rings. The third kappa shape index (κ3) is 6.90. The fourth-order valence-electron chi connectivity index (χ4n) is 5.08. The molecule has 232 valence electrons. The lowest BCUT2D eigenvalue weighted by molar-refractivity contribution is -0.138. The topological polar surface area (TPSA) is 105 Å². The lowest BCUT2D eigenvalue weighted by Crippen LogP contribution is -2.44. The molecule has 10 nitrogen and oxygen atoms in total. The Morgan fingerprint density at radius 2 is 1.76 bits per heavy atom. The number of hydrogen-bond donors (Lipinski definition) is 1. The van der Waals surface area contributed by atoms with Crippen LogP contribution in [0.4, 0.5) is 18.9 Å². The number of amides is 1. The Labute approximate surface area is 261 Å².